The lowest BCUT2D eigenvalue weighted by Crippen LogP contribution is -2.20. The van der Waals surface area contributed by atoms with E-state index in [0.717, 1.165) is 18.5 Å². The van der Waals surface area contributed by atoms with Gasteiger partial charge in [0.15, 0.2) is 0 Å². The fourth-order valence-corrected chi connectivity index (χ4v) is 3.03. The van der Waals surface area contributed by atoms with Crippen LogP contribution < -0.4 is 5.32 Å². The molecule has 2 aromatic heterocycles. The Labute approximate surface area is 112 Å². The largest absolute Gasteiger partial charge is 0.309 e. The number of hydrogen-bond donors (Lipinski definition) is 1. The highest BCUT2D eigenvalue weighted by atomic mass is 32.1. The second kappa shape index (κ2) is 6.61. The van der Waals surface area contributed by atoms with Crippen molar-refractivity contribution in [1.82, 2.24) is 15.3 Å². The predicted molar refractivity (Wildman–Crippen MR) is 76.7 cm³/mol. The van der Waals surface area contributed by atoms with Crippen LogP contribution in [0.2, 0.25) is 0 Å². The Bertz CT molecular complexity index is 467. The number of nitrogens with one attached hydrogen (secondary N) is 1. The van der Waals surface area contributed by atoms with E-state index in [4.69, 9.17) is 0 Å². The number of rotatable bonds is 6. The van der Waals surface area contributed by atoms with Crippen LogP contribution in [0.15, 0.2) is 30.9 Å². The zero-order valence-electron chi connectivity index (χ0n) is 10.9. The van der Waals surface area contributed by atoms with Crippen LogP contribution in [0, 0.1) is 0 Å². The molecule has 0 bridgehead atoms. The molecule has 0 amide bonds. The Morgan fingerprint density at radius 3 is 2.67 bits per heavy atom. The molecular formula is C14H19N3S. The first-order valence-electron chi connectivity index (χ1n) is 6.43. The molecule has 0 saturated carbocycles. The maximum absolute atomic E-state index is 4.06. The van der Waals surface area contributed by atoms with Gasteiger partial charge in [-0.05, 0) is 31.5 Å². The van der Waals surface area contributed by atoms with Gasteiger partial charge in [0, 0.05) is 33.8 Å². The minimum Gasteiger partial charge on any atom is -0.309 e. The molecule has 4 heteroatoms. The summed E-state index contributed by atoms with van der Waals surface area (Å²) in [4.78, 5) is 10.8. The molecule has 0 aliphatic rings. The van der Waals surface area contributed by atoms with Crippen molar-refractivity contribution in [1.29, 1.82) is 0 Å². The van der Waals surface area contributed by atoms with Crippen molar-refractivity contribution >= 4 is 11.3 Å². The van der Waals surface area contributed by atoms with Gasteiger partial charge in [-0.1, -0.05) is 13.8 Å². The quantitative estimate of drug-likeness (QED) is 0.862. The molecule has 2 aromatic rings. The van der Waals surface area contributed by atoms with E-state index in [9.17, 15) is 0 Å². The van der Waals surface area contributed by atoms with Crippen molar-refractivity contribution in [3.05, 3.63) is 35.7 Å². The van der Waals surface area contributed by atoms with Crippen molar-refractivity contribution < 1.29 is 0 Å². The normalized spacial score (nSPS) is 12.6. The molecule has 0 fully saturated rings. The number of thiophene rings is 1. The lowest BCUT2D eigenvalue weighted by molar-refractivity contribution is 0.525. The summed E-state index contributed by atoms with van der Waals surface area (Å²) in [6, 6.07) is 4.84. The summed E-state index contributed by atoms with van der Waals surface area (Å²) in [5.74, 6) is 0. The van der Waals surface area contributed by atoms with Gasteiger partial charge in [0.25, 0.3) is 0 Å². The standard InChI is InChI=1S/C14H19N3S/c1-3-7-17-12(4-2)14-6-5-13(18-14)11-8-15-10-16-9-11/h5-6,8-10,12,17H,3-4,7H2,1-2H3. The van der Waals surface area contributed by atoms with Crippen LogP contribution in [-0.4, -0.2) is 16.5 Å². The first-order valence-corrected chi connectivity index (χ1v) is 7.25. The monoisotopic (exact) mass is 261 g/mol. The van der Waals surface area contributed by atoms with Crippen LogP contribution in [0.5, 0.6) is 0 Å². The average Bonchev–Trinajstić information content (AvgIpc) is 2.90. The van der Waals surface area contributed by atoms with E-state index >= 15 is 0 Å². The molecule has 1 unspecified atom stereocenters. The zero-order valence-corrected chi connectivity index (χ0v) is 11.7. The topological polar surface area (TPSA) is 37.8 Å². The molecule has 0 aliphatic carbocycles. The van der Waals surface area contributed by atoms with Crippen LogP contribution in [0.3, 0.4) is 0 Å². The zero-order chi connectivity index (χ0) is 12.8. The molecular weight excluding hydrogens is 242 g/mol. The smallest absolute Gasteiger partial charge is 0.115 e. The molecule has 3 nitrogen and oxygen atoms in total. The molecule has 0 spiro atoms. The highest BCUT2D eigenvalue weighted by molar-refractivity contribution is 7.15. The van der Waals surface area contributed by atoms with Crippen molar-refractivity contribution in [2.45, 2.75) is 32.7 Å². The molecule has 1 N–H and O–H groups in total. The van der Waals surface area contributed by atoms with E-state index in [1.54, 1.807) is 6.33 Å². The van der Waals surface area contributed by atoms with Gasteiger partial charge in [-0.3, -0.25) is 0 Å². The molecule has 96 valence electrons. The van der Waals surface area contributed by atoms with Crippen LogP contribution >= 0.6 is 11.3 Å². The second-order valence-corrected chi connectivity index (χ2v) is 5.36. The van der Waals surface area contributed by atoms with Gasteiger partial charge in [-0.2, -0.15) is 0 Å². The fraction of sp³-hybridized carbons (Fsp3) is 0.429. The summed E-state index contributed by atoms with van der Waals surface area (Å²) in [5.41, 5.74) is 1.10. The second-order valence-electron chi connectivity index (χ2n) is 4.24. The SMILES string of the molecule is CCCNC(CC)c1ccc(-c2cncnc2)s1. The highest BCUT2D eigenvalue weighted by Crippen LogP contribution is 2.31. The Kier molecular flexibility index (Phi) is 4.84. The summed E-state index contributed by atoms with van der Waals surface area (Å²) in [7, 11) is 0. The highest BCUT2D eigenvalue weighted by Gasteiger charge is 2.11. The molecule has 2 heterocycles. The third kappa shape index (κ3) is 3.15. The third-order valence-electron chi connectivity index (χ3n) is 2.86. The van der Waals surface area contributed by atoms with Crippen molar-refractivity contribution in [2.24, 2.45) is 0 Å². The molecule has 0 saturated heterocycles. The lowest BCUT2D eigenvalue weighted by atomic mass is 10.2. The van der Waals surface area contributed by atoms with Crippen molar-refractivity contribution in [3.8, 4) is 10.4 Å². The first kappa shape index (κ1) is 13.2. The molecule has 18 heavy (non-hydrogen) atoms. The van der Waals surface area contributed by atoms with Gasteiger partial charge < -0.3 is 5.32 Å². The van der Waals surface area contributed by atoms with Crippen LogP contribution in [0.25, 0.3) is 10.4 Å². The summed E-state index contributed by atoms with van der Waals surface area (Å²) in [6.45, 7) is 5.49. The molecule has 0 aliphatic heterocycles. The number of hydrogen-bond acceptors (Lipinski definition) is 4. The Morgan fingerprint density at radius 2 is 2.00 bits per heavy atom. The summed E-state index contributed by atoms with van der Waals surface area (Å²) >= 11 is 1.83. The maximum atomic E-state index is 4.06. The van der Waals surface area contributed by atoms with Crippen LogP contribution in [0.4, 0.5) is 0 Å². The number of nitrogens with zero attached hydrogens (tertiary/aromatic N) is 2. The van der Waals surface area contributed by atoms with Crippen LogP contribution in [0.1, 0.15) is 37.6 Å². The Hall–Kier alpha value is -1.26. The molecule has 0 aromatic carbocycles. The fourth-order valence-electron chi connectivity index (χ4n) is 1.89. The van der Waals surface area contributed by atoms with Crippen molar-refractivity contribution in [3.63, 3.8) is 0 Å². The predicted octanol–water partition coefficient (Wildman–Crippen LogP) is 3.66. The van der Waals surface area contributed by atoms with Crippen molar-refractivity contribution in [2.75, 3.05) is 6.54 Å². The van der Waals surface area contributed by atoms with E-state index < -0.39 is 0 Å². The van der Waals surface area contributed by atoms with Gasteiger partial charge >= 0.3 is 0 Å². The van der Waals surface area contributed by atoms with E-state index in [-0.39, 0.29) is 0 Å². The summed E-state index contributed by atoms with van der Waals surface area (Å²) in [5, 5.41) is 3.58. The molecule has 0 radical (unpaired) electrons. The van der Waals surface area contributed by atoms with E-state index in [1.165, 1.54) is 16.2 Å². The lowest BCUT2D eigenvalue weighted by Gasteiger charge is -2.14. The third-order valence-corrected chi connectivity index (χ3v) is 4.11. The van der Waals surface area contributed by atoms with E-state index in [2.05, 4.69) is 41.3 Å². The Balaban J connectivity index is 2.14. The average molecular weight is 261 g/mol. The minimum absolute atomic E-state index is 0.466. The molecule has 1 atom stereocenters. The van der Waals surface area contributed by atoms with E-state index in [0.29, 0.717) is 6.04 Å². The maximum Gasteiger partial charge on any atom is 0.115 e. The summed E-state index contributed by atoms with van der Waals surface area (Å²) in [6.07, 6.45) is 7.58. The summed E-state index contributed by atoms with van der Waals surface area (Å²) < 4.78 is 0. The molecule has 2 rings (SSSR count). The van der Waals surface area contributed by atoms with Gasteiger partial charge in [0.1, 0.15) is 6.33 Å². The van der Waals surface area contributed by atoms with Gasteiger partial charge in [-0.15, -0.1) is 11.3 Å². The van der Waals surface area contributed by atoms with Crippen LogP contribution in [-0.2, 0) is 0 Å². The first-order chi connectivity index (χ1) is 8.85. The number of aromatic nitrogens is 2. The van der Waals surface area contributed by atoms with Gasteiger partial charge in [0.2, 0.25) is 0 Å². The van der Waals surface area contributed by atoms with Gasteiger partial charge in [0.05, 0.1) is 0 Å². The minimum atomic E-state index is 0.466. The Morgan fingerprint density at radius 1 is 1.22 bits per heavy atom. The van der Waals surface area contributed by atoms with E-state index in [1.807, 2.05) is 23.7 Å². The van der Waals surface area contributed by atoms with Gasteiger partial charge in [-0.25, -0.2) is 9.97 Å².